The number of aromatic nitrogens is 2. The molecule has 1 aliphatic carbocycles. The molecule has 8 heteroatoms. The van der Waals surface area contributed by atoms with Crippen molar-refractivity contribution >= 4 is 22.5 Å². The van der Waals surface area contributed by atoms with E-state index in [-0.39, 0.29) is 5.91 Å². The zero-order valence-corrected chi connectivity index (χ0v) is 18.4. The van der Waals surface area contributed by atoms with Crippen LogP contribution in [-0.2, 0) is 6.42 Å². The molecule has 2 heterocycles. The molecule has 2 aromatic carbocycles. The van der Waals surface area contributed by atoms with E-state index >= 15 is 0 Å². The van der Waals surface area contributed by atoms with E-state index in [1.807, 2.05) is 18.2 Å². The predicted octanol–water partition coefficient (Wildman–Crippen LogP) is 3.65. The van der Waals surface area contributed by atoms with Gasteiger partial charge in [0.2, 0.25) is 0 Å². The minimum Gasteiger partial charge on any atom is -0.493 e. The zero-order chi connectivity index (χ0) is 22.2. The third kappa shape index (κ3) is 3.55. The number of amides is 1. The molecule has 5 rings (SSSR count). The van der Waals surface area contributed by atoms with Crippen LogP contribution in [0.1, 0.15) is 28.8 Å². The summed E-state index contributed by atoms with van der Waals surface area (Å²) in [5.41, 5.74) is 2.88. The van der Waals surface area contributed by atoms with Gasteiger partial charge in [0.15, 0.2) is 23.0 Å². The lowest BCUT2D eigenvalue weighted by Gasteiger charge is -2.30. The van der Waals surface area contributed by atoms with Gasteiger partial charge in [0.25, 0.3) is 5.91 Å². The first-order valence-corrected chi connectivity index (χ1v) is 10.7. The number of nitrogens with zero attached hydrogens (tertiary/aromatic N) is 3. The second-order valence-electron chi connectivity index (χ2n) is 8.08. The number of anilines is 1. The maximum atomic E-state index is 13.6. The average molecular weight is 435 g/mol. The summed E-state index contributed by atoms with van der Waals surface area (Å²) in [5.74, 6) is 2.90. The van der Waals surface area contributed by atoms with Crippen LogP contribution in [0.3, 0.4) is 0 Å². The molecule has 32 heavy (non-hydrogen) atoms. The Kier molecular flexibility index (Phi) is 5.20. The first kappa shape index (κ1) is 20.4. The fourth-order valence-electron chi connectivity index (χ4n) is 4.07. The maximum absolute atomic E-state index is 13.6. The highest BCUT2D eigenvalue weighted by atomic mass is 16.5. The van der Waals surface area contributed by atoms with E-state index in [9.17, 15) is 4.79 Å². The lowest BCUT2D eigenvalue weighted by Crippen LogP contribution is -2.38. The van der Waals surface area contributed by atoms with Crippen molar-refractivity contribution in [1.29, 1.82) is 0 Å². The van der Waals surface area contributed by atoms with Gasteiger partial charge in [-0.2, -0.15) is 10.2 Å². The van der Waals surface area contributed by atoms with Crippen LogP contribution < -0.4 is 23.8 Å². The molecule has 0 bridgehead atoms. The predicted molar refractivity (Wildman–Crippen MR) is 119 cm³/mol. The van der Waals surface area contributed by atoms with Crippen molar-refractivity contribution in [2.24, 2.45) is 5.92 Å². The topological polar surface area (TPSA) is 83.0 Å². The van der Waals surface area contributed by atoms with E-state index in [1.54, 1.807) is 38.5 Å². The van der Waals surface area contributed by atoms with Gasteiger partial charge in [-0.3, -0.25) is 4.79 Å². The van der Waals surface area contributed by atoms with E-state index in [4.69, 9.17) is 18.9 Å². The van der Waals surface area contributed by atoms with E-state index in [2.05, 4.69) is 10.2 Å². The molecule has 1 saturated carbocycles. The molecule has 0 saturated heterocycles. The highest BCUT2D eigenvalue weighted by Crippen LogP contribution is 2.39. The number of benzene rings is 2. The van der Waals surface area contributed by atoms with Crippen molar-refractivity contribution in [1.82, 2.24) is 10.2 Å². The van der Waals surface area contributed by atoms with Gasteiger partial charge in [0, 0.05) is 23.6 Å². The molecule has 0 N–H and O–H groups in total. The minimum absolute atomic E-state index is 0.103. The van der Waals surface area contributed by atoms with Crippen molar-refractivity contribution < 1.29 is 23.7 Å². The molecule has 1 aromatic heterocycles. The lowest BCUT2D eigenvalue weighted by atomic mass is 9.97. The Bertz CT molecular complexity index is 1190. The Hall–Kier alpha value is -3.55. The number of ether oxygens (including phenoxy) is 4. The average Bonchev–Trinajstić information content (AvgIpc) is 3.66. The van der Waals surface area contributed by atoms with E-state index in [0.29, 0.717) is 65.3 Å². The highest BCUT2D eigenvalue weighted by Gasteiger charge is 2.30. The molecule has 1 fully saturated rings. The van der Waals surface area contributed by atoms with Gasteiger partial charge >= 0.3 is 0 Å². The molecule has 0 atom stereocenters. The number of carbonyl (C=O) groups is 1. The van der Waals surface area contributed by atoms with E-state index in [0.717, 1.165) is 10.9 Å². The molecule has 3 aromatic rings. The molecule has 166 valence electrons. The van der Waals surface area contributed by atoms with E-state index in [1.165, 1.54) is 12.8 Å². The third-order valence-corrected chi connectivity index (χ3v) is 6.06. The molecule has 8 nitrogen and oxygen atoms in total. The summed E-state index contributed by atoms with van der Waals surface area (Å²) in [4.78, 5) is 15.3. The van der Waals surface area contributed by atoms with Crippen molar-refractivity contribution in [2.45, 2.75) is 19.3 Å². The largest absolute Gasteiger partial charge is 0.493 e. The normalized spacial score (nSPS) is 15.5. The summed E-state index contributed by atoms with van der Waals surface area (Å²) in [6.07, 6.45) is 4.69. The minimum atomic E-state index is -0.103. The molecule has 1 amide bonds. The number of carbonyl (C=O) groups excluding carboxylic acids is 1. The Morgan fingerprint density at radius 1 is 0.969 bits per heavy atom. The molecule has 1 aliphatic heterocycles. The van der Waals surface area contributed by atoms with Crippen LogP contribution in [0.25, 0.3) is 10.9 Å². The second kappa shape index (κ2) is 8.18. The molecule has 0 unspecified atom stereocenters. The molecule has 0 radical (unpaired) electrons. The Morgan fingerprint density at radius 2 is 1.69 bits per heavy atom. The fourth-order valence-corrected chi connectivity index (χ4v) is 4.07. The summed E-state index contributed by atoms with van der Waals surface area (Å²) >= 11 is 0. The molecule has 2 aliphatic rings. The van der Waals surface area contributed by atoms with Crippen LogP contribution in [0, 0.1) is 5.92 Å². The van der Waals surface area contributed by atoms with Gasteiger partial charge in [-0.1, -0.05) is 0 Å². The van der Waals surface area contributed by atoms with Crippen molar-refractivity contribution in [3.05, 3.63) is 41.6 Å². The first-order valence-electron chi connectivity index (χ1n) is 10.7. The second-order valence-corrected chi connectivity index (χ2v) is 8.08. The Labute approximate surface area is 186 Å². The number of hydrogen-bond acceptors (Lipinski definition) is 7. The van der Waals surface area contributed by atoms with Crippen molar-refractivity contribution in [2.75, 3.05) is 39.4 Å². The van der Waals surface area contributed by atoms with Gasteiger partial charge in [-0.05, 0) is 48.9 Å². The first-order chi connectivity index (χ1) is 15.6. The van der Waals surface area contributed by atoms with Gasteiger partial charge in [-0.15, -0.1) is 0 Å². The molecular formula is C24H25N3O5. The number of methoxy groups -OCH3 is 3. The third-order valence-electron chi connectivity index (χ3n) is 6.06. The van der Waals surface area contributed by atoms with Gasteiger partial charge in [-0.25, -0.2) is 0 Å². The van der Waals surface area contributed by atoms with Crippen LogP contribution >= 0.6 is 0 Å². The Morgan fingerprint density at radius 3 is 2.41 bits per heavy atom. The maximum Gasteiger partial charge on any atom is 0.258 e. The van der Waals surface area contributed by atoms with Gasteiger partial charge in [0.1, 0.15) is 0 Å². The molecular weight excluding hydrogens is 410 g/mol. The van der Waals surface area contributed by atoms with Crippen LogP contribution in [0.5, 0.6) is 23.0 Å². The number of fused-ring (bicyclic) bond motifs is 2. The van der Waals surface area contributed by atoms with Crippen LogP contribution in [0.2, 0.25) is 0 Å². The van der Waals surface area contributed by atoms with Crippen molar-refractivity contribution in [3.8, 4) is 23.0 Å². The molecule has 0 spiro atoms. The van der Waals surface area contributed by atoms with Crippen LogP contribution in [0.4, 0.5) is 5.69 Å². The monoisotopic (exact) mass is 435 g/mol. The smallest absolute Gasteiger partial charge is 0.258 e. The quantitative estimate of drug-likeness (QED) is 0.560. The highest BCUT2D eigenvalue weighted by molar-refractivity contribution is 6.12. The fraction of sp³-hybridized carbons (Fsp3) is 0.375. The summed E-state index contributed by atoms with van der Waals surface area (Å²) in [6, 6.07) is 7.33. The summed E-state index contributed by atoms with van der Waals surface area (Å²) in [5, 5.41) is 9.11. The number of rotatable bonds is 7. The summed E-state index contributed by atoms with van der Waals surface area (Å²) < 4.78 is 22.3. The number of hydrogen-bond donors (Lipinski definition) is 0. The van der Waals surface area contributed by atoms with Crippen molar-refractivity contribution in [3.63, 3.8) is 0 Å². The lowest BCUT2D eigenvalue weighted by molar-refractivity contribution is 0.0980. The SMILES string of the molecule is COc1cc2nncc(N3CCc4cc(OC)c(OCC5CC5)cc4C3=O)c2cc1OC. The van der Waals surface area contributed by atoms with E-state index < -0.39 is 0 Å². The standard InChI is InChI=1S/C24H25N3O5/c1-29-20-8-15-6-7-27(24(28)16(15)9-23(20)32-13-14-4-5-14)19-12-25-26-18-11-22(31-3)21(30-2)10-17(18)19/h8-12,14H,4-7,13H2,1-3H3. The van der Waals surface area contributed by atoms with Gasteiger partial charge in [0.05, 0.1) is 45.3 Å². The summed E-state index contributed by atoms with van der Waals surface area (Å²) in [6.45, 7) is 1.17. The van der Waals surface area contributed by atoms with Gasteiger partial charge < -0.3 is 23.8 Å². The summed E-state index contributed by atoms with van der Waals surface area (Å²) in [7, 11) is 4.78. The van der Waals surface area contributed by atoms with Crippen LogP contribution in [-0.4, -0.2) is 50.6 Å². The Balaban J connectivity index is 1.54. The van der Waals surface area contributed by atoms with Crippen LogP contribution in [0.15, 0.2) is 30.5 Å². The zero-order valence-electron chi connectivity index (χ0n) is 18.4.